The van der Waals surface area contributed by atoms with E-state index in [-0.39, 0.29) is 10.8 Å². The van der Waals surface area contributed by atoms with Crippen LogP contribution in [0.2, 0.25) is 0 Å². The fourth-order valence-corrected chi connectivity index (χ4v) is 3.22. The summed E-state index contributed by atoms with van der Waals surface area (Å²) in [6.07, 6.45) is 1.73. The Kier molecular flexibility index (Phi) is 4.57. The van der Waals surface area contributed by atoms with Gasteiger partial charge in [-0.3, -0.25) is 4.21 Å². The van der Waals surface area contributed by atoms with Crippen molar-refractivity contribution in [1.29, 1.82) is 0 Å². The smallest absolute Gasteiger partial charge is 0.0276 e. The van der Waals surface area contributed by atoms with E-state index in [4.69, 9.17) is 0 Å². The van der Waals surface area contributed by atoms with Crippen LogP contribution < -0.4 is 0 Å². The van der Waals surface area contributed by atoms with Crippen LogP contribution in [-0.4, -0.2) is 13.5 Å². The second-order valence-electron chi connectivity index (χ2n) is 7.07. The van der Waals surface area contributed by atoms with Crippen molar-refractivity contribution < 1.29 is 8.76 Å². The molecule has 0 aliphatic rings. The molecule has 0 spiro atoms. The predicted molar refractivity (Wildman–Crippen MR) is 65.5 cm³/mol. The molecule has 1 unspecified atom stereocenters. The maximum atomic E-state index is 11.1. The molecule has 0 aromatic rings. The number of rotatable bonds is 4. The van der Waals surface area contributed by atoms with Gasteiger partial charge in [-0.25, -0.2) is 0 Å². The third-order valence-electron chi connectivity index (χ3n) is 2.36. The molecular weight excluding hydrogens is 208 g/mol. The number of hydrogen-bond donors (Lipinski definition) is 0. The van der Waals surface area contributed by atoms with E-state index >= 15 is 0 Å². The first-order valence-corrected chi connectivity index (χ1v) is 6.53. The zero-order chi connectivity index (χ0) is 12.5. The van der Waals surface area contributed by atoms with Crippen LogP contribution >= 0.6 is 0 Å². The standard InChI is InChI=1S/C12H26O2S/c1-10(2,3)8-11(4,5)9-12(6,7)15(13)14/h8-9H2,1-7H3,(H,13,14)/p-1. The summed E-state index contributed by atoms with van der Waals surface area (Å²) in [7, 11) is 0. The topological polar surface area (TPSA) is 40.1 Å². The first kappa shape index (κ1) is 15.1. The lowest BCUT2D eigenvalue weighted by Gasteiger charge is -2.39. The van der Waals surface area contributed by atoms with Crippen molar-refractivity contribution in [3.63, 3.8) is 0 Å². The molecule has 2 nitrogen and oxygen atoms in total. The second kappa shape index (κ2) is 4.54. The normalized spacial score (nSPS) is 16.5. The van der Waals surface area contributed by atoms with Crippen LogP contribution in [0.1, 0.15) is 61.3 Å². The zero-order valence-corrected chi connectivity index (χ0v) is 12.0. The highest BCUT2D eigenvalue weighted by Gasteiger charge is 2.32. The molecule has 0 aliphatic carbocycles. The van der Waals surface area contributed by atoms with Gasteiger partial charge in [0.1, 0.15) is 0 Å². The van der Waals surface area contributed by atoms with Crippen LogP contribution in [0.5, 0.6) is 0 Å². The summed E-state index contributed by atoms with van der Waals surface area (Å²) in [5.74, 6) is 0. The molecule has 0 saturated carbocycles. The van der Waals surface area contributed by atoms with Gasteiger partial charge in [0.05, 0.1) is 0 Å². The Hall–Kier alpha value is 0.110. The lowest BCUT2D eigenvalue weighted by atomic mass is 9.72. The summed E-state index contributed by atoms with van der Waals surface area (Å²) in [5.41, 5.74) is 0.297. The minimum absolute atomic E-state index is 0.0574. The highest BCUT2D eigenvalue weighted by molar-refractivity contribution is 7.80. The van der Waals surface area contributed by atoms with Crippen molar-refractivity contribution >= 4 is 11.1 Å². The van der Waals surface area contributed by atoms with E-state index in [0.29, 0.717) is 6.42 Å². The molecule has 0 aliphatic heterocycles. The van der Waals surface area contributed by atoms with Gasteiger partial charge < -0.3 is 4.55 Å². The molecule has 15 heavy (non-hydrogen) atoms. The molecule has 0 radical (unpaired) electrons. The molecule has 0 rings (SSSR count). The summed E-state index contributed by atoms with van der Waals surface area (Å²) in [6, 6.07) is 0. The van der Waals surface area contributed by atoms with E-state index in [1.807, 2.05) is 0 Å². The largest absolute Gasteiger partial charge is 0.772 e. The molecule has 0 aromatic heterocycles. The summed E-state index contributed by atoms with van der Waals surface area (Å²) < 4.78 is 21.5. The summed E-state index contributed by atoms with van der Waals surface area (Å²) in [6.45, 7) is 14.4. The van der Waals surface area contributed by atoms with E-state index in [1.165, 1.54) is 0 Å². The third-order valence-corrected chi connectivity index (χ3v) is 3.41. The van der Waals surface area contributed by atoms with Gasteiger partial charge in [-0.05, 0) is 48.6 Å². The van der Waals surface area contributed by atoms with Crippen molar-refractivity contribution in [3.8, 4) is 0 Å². The Morgan fingerprint density at radius 2 is 1.33 bits per heavy atom. The second-order valence-corrected chi connectivity index (χ2v) is 8.65. The average Bonchev–Trinajstić information content (AvgIpc) is 1.75. The molecule has 1 atom stereocenters. The SMILES string of the molecule is CC(C)(C)CC(C)(C)CC(C)(C)S(=O)[O-]. The van der Waals surface area contributed by atoms with Crippen LogP contribution in [-0.2, 0) is 11.1 Å². The highest BCUT2D eigenvalue weighted by atomic mass is 32.2. The fourth-order valence-electron chi connectivity index (χ4n) is 2.71. The Morgan fingerprint density at radius 3 is 1.60 bits per heavy atom. The van der Waals surface area contributed by atoms with Gasteiger partial charge in [-0.2, -0.15) is 0 Å². The van der Waals surface area contributed by atoms with Gasteiger partial charge in [0, 0.05) is 4.75 Å². The lowest BCUT2D eigenvalue weighted by molar-refractivity contribution is 0.183. The first-order chi connectivity index (χ1) is 6.36. The van der Waals surface area contributed by atoms with E-state index in [0.717, 1.165) is 6.42 Å². The van der Waals surface area contributed by atoms with Crippen molar-refractivity contribution in [1.82, 2.24) is 0 Å². The lowest BCUT2D eigenvalue weighted by Crippen LogP contribution is -2.34. The monoisotopic (exact) mass is 233 g/mol. The van der Waals surface area contributed by atoms with Gasteiger partial charge in [0.2, 0.25) is 0 Å². The minimum atomic E-state index is -2.00. The molecule has 0 N–H and O–H groups in total. The van der Waals surface area contributed by atoms with Gasteiger partial charge in [-0.1, -0.05) is 34.6 Å². The predicted octanol–water partition coefficient (Wildman–Crippen LogP) is 3.50. The molecule has 0 amide bonds. The maximum absolute atomic E-state index is 11.1. The Bertz CT molecular complexity index is 236. The van der Waals surface area contributed by atoms with Crippen LogP contribution in [0.4, 0.5) is 0 Å². The van der Waals surface area contributed by atoms with Crippen LogP contribution in [0, 0.1) is 10.8 Å². The van der Waals surface area contributed by atoms with E-state index in [1.54, 1.807) is 13.8 Å². The molecule has 0 saturated heterocycles. The summed E-state index contributed by atoms with van der Waals surface area (Å²) in [5, 5.41) is 0. The van der Waals surface area contributed by atoms with E-state index in [2.05, 4.69) is 34.6 Å². The van der Waals surface area contributed by atoms with E-state index in [9.17, 15) is 8.76 Å². The van der Waals surface area contributed by atoms with Crippen molar-refractivity contribution in [2.75, 3.05) is 0 Å². The molecular formula is C12H25O2S-. The molecule has 0 aromatic carbocycles. The quantitative estimate of drug-likeness (QED) is 0.697. The molecule has 92 valence electrons. The molecule has 0 heterocycles. The first-order valence-electron chi connectivity index (χ1n) is 5.45. The summed E-state index contributed by atoms with van der Waals surface area (Å²) in [4.78, 5) is 0. The Labute approximate surface area is 97.1 Å². The minimum Gasteiger partial charge on any atom is -0.772 e. The Balaban J connectivity index is 4.58. The third kappa shape index (κ3) is 6.31. The maximum Gasteiger partial charge on any atom is 0.0276 e. The van der Waals surface area contributed by atoms with Gasteiger partial charge in [0.25, 0.3) is 0 Å². The van der Waals surface area contributed by atoms with Gasteiger partial charge >= 0.3 is 0 Å². The van der Waals surface area contributed by atoms with Gasteiger partial charge in [0.15, 0.2) is 0 Å². The molecule has 0 bridgehead atoms. The van der Waals surface area contributed by atoms with Crippen molar-refractivity contribution in [2.45, 2.75) is 66.1 Å². The van der Waals surface area contributed by atoms with Crippen molar-refractivity contribution in [2.24, 2.45) is 10.8 Å². The molecule has 3 heteroatoms. The summed E-state index contributed by atoms with van der Waals surface area (Å²) >= 11 is -2.00. The fraction of sp³-hybridized carbons (Fsp3) is 1.00. The van der Waals surface area contributed by atoms with Crippen LogP contribution in [0.25, 0.3) is 0 Å². The van der Waals surface area contributed by atoms with Crippen LogP contribution in [0.15, 0.2) is 0 Å². The average molecular weight is 233 g/mol. The van der Waals surface area contributed by atoms with Crippen molar-refractivity contribution in [3.05, 3.63) is 0 Å². The Morgan fingerprint density at radius 1 is 0.933 bits per heavy atom. The van der Waals surface area contributed by atoms with Gasteiger partial charge in [-0.15, -0.1) is 0 Å². The van der Waals surface area contributed by atoms with E-state index < -0.39 is 15.8 Å². The zero-order valence-electron chi connectivity index (χ0n) is 11.1. The number of hydrogen-bond acceptors (Lipinski definition) is 2. The molecule has 0 fully saturated rings. The van der Waals surface area contributed by atoms with Crippen LogP contribution in [0.3, 0.4) is 0 Å². The highest BCUT2D eigenvalue weighted by Crippen LogP contribution is 2.40.